The van der Waals surface area contributed by atoms with Gasteiger partial charge in [-0.15, -0.1) is 0 Å². The van der Waals surface area contributed by atoms with Crippen LogP contribution in [-0.4, -0.2) is 58.4 Å². The number of anilines is 2. The fraction of sp³-hybridized carbons (Fsp3) is 0.360. The summed E-state index contributed by atoms with van der Waals surface area (Å²) in [6, 6.07) is 5.47. The summed E-state index contributed by atoms with van der Waals surface area (Å²) in [7, 11) is 0. The SMILES string of the molecule is C[C@@H](O)[C@@H]1NC(=O)c2cc([N+](=O)[O-])ccc2Nc2cc(C(N)=O)ccc2CNC(=O)[C@H](CCCCN)NC1=O. The van der Waals surface area contributed by atoms with Crippen molar-refractivity contribution in [3.8, 4) is 0 Å². The Morgan fingerprint density at radius 1 is 1.10 bits per heavy atom. The van der Waals surface area contributed by atoms with E-state index in [1.165, 1.54) is 31.2 Å². The lowest BCUT2D eigenvalue weighted by molar-refractivity contribution is -0.384. The highest BCUT2D eigenvalue weighted by Gasteiger charge is 2.31. The molecule has 2 aromatic carbocycles. The van der Waals surface area contributed by atoms with Gasteiger partial charge in [-0.05, 0) is 56.5 Å². The second-order valence-corrected chi connectivity index (χ2v) is 9.10. The van der Waals surface area contributed by atoms with Gasteiger partial charge in [-0.25, -0.2) is 0 Å². The van der Waals surface area contributed by atoms with Crippen LogP contribution >= 0.6 is 0 Å². The highest BCUT2D eigenvalue weighted by atomic mass is 16.6. The third-order valence-electron chi connectivity index (χ3n) is 6.21. The van der Waals surface area contributed by atoms with Crippen LogP contribution in [0.5, 0.6) is 0 Å². The van der Waals surface area contributed by atoms with Gasteiger partial charge in [0.15, 0.2) is 0 Å². The Kier molecular flexibility index (Phi) is 9.52. The molecule has 208 valence electrons. The number of benzene rings is 2. The number of nitrogens with zero attached hydrogens (tertiary/aromatic N) is 1. The van der Waals surface area contributed by atoms with Crippen LogP contribution in [0.2, 0.25) is 0 Å². The molecule has 14 nitrogen and oxygen atoms in total. The zero-order valence-electron chi connectivity index (χ0n) is 21.2. The van der Waals surface area contributed by atoms with Crippen molar-refractivity contribution in [2.75, 3.05) is 11.9 Å². The Labute approximate surface area is 223 Å². The number of carbonyl (C=O) groups excluding carboxylic acids is 4. The van der Waals surface area contributed by atoms with Gasteiger partial charge < -0.3 is 37.8 Å². The maximum Gasteiger partial charge on any atom is 0.270 e. The number of nitrogens with two attached hydrogens (primary N) is 2. The van der Waals surface area contributed by atoms with Crippen molar-refractivity contribution in [2.45, 2.75) is 50.9 Å². The van der Waals surface area contributed by atoms with Crippen molar-refractivity contribution in [1.29, 1.82) is 0 Å². The molecule has 0 spiro atoms. The van der Waals surface area contributed by atoms with Gasteiger partial charge in [0, 0.05) is 29.9 Å². The number of amides is 4. The molecule has 1 heterocycles. The number of aliphatic hydroxyl groups is 1. The molecule has 0 radical (unpaired) electrons. The quantitative estimate of drug-likeness (QED) is 0.143. The molecule has 0 unspecified atom stereocenters. The third-order valence-corrected chi connectivity index (χ3v) is 6.21. The standard InChI is InChI=1S/C25H31N7O7/c1-13(33)21-25(37)30-19(4-2-3-9-26)24(36)28-12-15-6-5-14(22(27)34)10-20(15)29-18-8-7-16(32(38)39)11-17(18)23(35)31-21/h5-8,10-11,13,19,21,29,33H,2-4,9,12,26H2,1H3,(H2,27,34)(H,28,36)(H,30,37)(H,31,35)/t13-,19+,21+/m1/s1. The molecule has 1 aliphatic heterocycles. The molecule has 0 fully saturated rings. The van der Waals surface area contributed by atoms with Crippen LogP contribution in [0, 0.1) is 10.1 Å². The van der Waals surface area contributed by atoms with Crippen molar-refractivity contribution in [1.82, 2.24) is 16.0 Å². The third kappa shape index (κ3) is 7.27. The van der Waals surface area contributed by atoms with Gasteiger partial charge in [0.05, 0.1) is 22.3 Å². The molecule has 2 aromatic rings. The number of nitrogens with one attached hydrogen (secondary N) is 4. The molecule has 0 aliphatic carbocycles. The monoisotopic (exact) mass is 541 g/mol. The number of unbranched alkanes of at least 4 members (excludes halogenated alkanes) is 1. The number of non-ortho nitro benzene ring substituents is 1. The molecule has 3 rings (SSSR count). The number of nitro groups is 1. The van der Waals surface area contributed by atoms with E-state index in [1.54, 1.807) is 6.07 Å². The number of rotatable bonds is 7. The molecule has 39 heavy (non-hydrogen) atoms. The van der Waals surface area contributed by atoms with E-state index >= 15 is 0 Å². The first-order valence-electron chi connectivity index (χ1n) is 12.3. The molecule has 4 amide bonds. The van der Waals surface area contributed by atoms with E-state index in [0.717, 1.165) is 6.07 Å². The fourth-order valence-electron chi connectivity index (χ4n) is 4.04. The minimum absolute atomic E-state index is 0.0300. The van der Waals surface area contributed by atoms with Crippen molar-refractivity contribution < 1.29 is 29.2 Å². The van der Waals surface area contributed by atoms with E-state index in [1.807, 2.05) is 0 Å². The first kappa shape index (κ1) is 29.0. The van der Waals surface area contributed by atoms with E-state index in [9.17, 15) is 34.4 Å². The maximum atomic E-state index is 13.3. The second kappa shape index (κ2) is 12.8. The minimum atomic E-state index is -1.48. The number of fused-ring (bicyclic) bond motifs is 2. The highest BCUT2D eigenvalue weighted by molar-refractivity contribution is 6.04. The lowest BCUT2D eigenvalue weighted by Crippen LogP contribution is -2.57. The summed E-state index contributed by atoms with van der Waals surface area (Å²) < 4.78 is 0. The molecule has 0 bridgehead atoms. The lowest BCUT2D eigenvalue weighted by Gasteiger charge is -2.26. The zero-order chi connectivity index (χ0) is 28.7. The topological polar surface area (TPSA) is 232 Å². The summed E-state index contributed by atoms with van der Waals surface area (Å²) >= 11 is 0. The van der Waals surface area contributed by atoms with Gasteiger partial charge in [0.1, 0.15) is 12.1 Å². The van der Waals surface area contributed by atoms with E-state index in [0.29, 0.717) is 30.6 Å². The maximum absolute atomic E-state index is 13.3. The molecule has 3 atom stereocenters. The van der Waals surface area contributed by atoms with Crippen LogP contribution in [0.3, 0.4) is 0 Å². The predicted octanol–water partition coefficient (Wildman–Crippen LogP) is 0.160. The Morgan fingerprint density at radius 2 is 1.85 bits per heavy atom. The van der Waals surface area contributed by atoms with Crippen molar-refractivity contribution >= 4 is 40.7 Å². The summed E-state index contributed by atoms with van der Waals surface area (Å²) in [6.07, 6.45) is 0.00544. The fourth-order valence-corrected chi connectivity index (χ4v) is 4.04. The second-order valence-electron chi connectivity index (χ2n) is 9.10. The lowest BCUT2D eigenvalue weighted by atomic mass is 10.0. The smallest absolute Gasteiger partial charge is 0.270 e. The molecule has 14 heteroatoms. The van der Waals surface area contributed by atoms with Gasteiger partial charge in [0.25, 0.3) is 11.6 Å². The van der Waals surface area contributed by atoms with Crippen LogP contribution in [-0.2, 0) is 16.1 Å². The Bertz CT molecular complexity index is 1280. The predicted molar refractivity (Wildman–Crippen MR) is 141 cm³/mol. The number of hydrogen-bond acceptors (Lipinski definition) is 9. The molecule has 0 aromatic heterocycles. The first-order chi connectivity index (χ1) is 18.5. The molecular weight excluding hydrogens is 510 g/mol. The highest BCUT2D eigenvalue weighted by Crippen LogP contribution is 2.28. The molecule has 1 aliphatic rings. The van der Waals surface area contributed by atoms with Gasteiger partial charge in [0.2, 0.25) is 17.7 Å². The van der Waals surface area contributed by atoms with Gasteiger partial charge >= 0.3 is 0 Å². The largest absolute Gasteiger partial charge is 0.391 e. The van der Waals surface area contributed by atoms with Crippen LogP contribution in [0.1, 0.15) is 52.5 Å². The van der Waals surface area contributed by atoms with Crippen LogP contribution < -0.4 is 32.7 Å². The van der Waals surface area contributed by atoms with E-state index < -0.39 is 46.7 Å². The average molecular weight is 542 g/mol. The molecular formula is C25H31N7O7. The number of hydrogen-bond donors (Lipinski definition) is 7. The minimum Gasteiger partial charge on any atom is -0.391 e. The van der Waals surface area contributed by atoms with E-state index in [2.05, 4.69) is 21.3 Å². The summed E-state index contributed by atoms with van der Waals surface area (Å²) in [5.74, 6) is -2.92. The van der Waals surface area contributed by atoms with Gasteiger partial charge in [-0.2, -0.15) is 0 Å². The van der Waals surface area contributed by atoms with Crippen molar-refractivity contribution in [3.63, 3.8) is 0 Å². The van der Waals surface area contributed by atoms with Crippen LogP contribution in [0.4, 0.5) is 17.1 Å². The first-order valence-corrected chi connectivity index (χ1v) is 12.3. The molecule has 0 saturated heterocycles. The molecule has 0 saturated carbocycles. The Balaban J connectivity index is 2.13. The average Bonchev–Trinajstić information content (AvgIpc) is 2.89. The van der Waals surface area contributed by atoms with E-state index in [-0.39, 0.29) is 35.5 Å². The number of aliphatic hydroxyl groups excluding tert-OH is 1. The Hall–Kier alpha value is -4.56. The number of carbonyl (C=O) groups is 4. The summed E-state index contributed by atoms with van der Waals surface area (Å²) in [5, 5.41) is 32.4. The molecule has 9 N–H and O–H groups in total. The van der Waals surface area contributed by atoms with Gasteiger partial charge in [-0.1, -0.05) is 6.07 Å². The summed E-state index contributed by atoms with van der Waals surface area (Å²) in [6.45, 7) is 1.64. The zero-order valence-corrected chi connectivity index (χ0v) is 21.2. The van der Waals surface area contributed by atoms with Crippen LogP contribution in [0.25, 0.3) is 0 Å². The normalized spacial score (nSPS) is 18.7. The van der Waals surface area contributed by atoms with Gasteiger partial charge in [-0.3, -0.25) is 29.3 Å². The number of primary amides is 1. The summed E-state index contributed by atoms with van der Waals surface area (Å²) in [4.78, 5) is 62.1. The van der Waals surface area contributed by atoms with Crippen molar-refractivity contribution in [2.24, 2.45) is 11.5 Å². The Morgan fingerprint density at radius 3 is 2.49 bits per heavy atom. The van der Waals surface area contributed by atoms with Crippen LogP contribution in [0.15, 0.2) is 36.4 Å². The number of nitro benzene ring substituents is 1. The summed E-state index contributed by atoms with van der Waals surface area (Å²) in [5.41, 5.74) is 11.5. The van der Waals surface area contributed by atoms with E-state index in [4.69, 9.17) is 11.5 Å². The van der Waals surface area contributed by atoms with Crippen molar-refractivity contribution in [3.05, 3.63) is 63.2 Å².